The van der Waals surface area contributed by atoms with Crippen molar-refractivity contribution in [2.24, 2.45) is 11.8 Å². The molecule has 0 saturated heterocycles. The van der Waals surface area contributed by atoms with Gasteiger partial charge in [0, 0.05) is 6.54 Å². The lowest BCUT2D eigenvalue weighted by Crippen LogP contribution is -2.25. The quantitative estimate of drug-likeness (QED) is 0.392. The van der Waals surface area contributed by atoms with E-state index in [4.69, 9.17) is 5.84 Å². The minimum atomic E-state index is -0.136. The van der Waals surface area contributed by atoms with E-state index in [-0.39, 0.29) is 5.91 Å². The summed E-state index contributed by atoms with van der Waals surface area (Å²) in [4.78, 5) is 15.7. The van der Waals surface area contributed by atoms with E-state index in [0.29, 0.717) is 17.9 Å². The van der Waals surface area contributed by atoms with E-state index in [9.17, 15) is 4.79 Å². The number of hydrogen-bond donors (Lipinski definition) is 3. The number of carbonyl (C=O) groups is 1. The highest BCUT2D eigenvalue weighted by Crippen LogP contribution is 2.06. The van der Waals surface area contributed by atoms with Crippen molar-refractivity contribution < 1.29 is 4.79 Å². The van der Waals surface area contributed by atoms with E-state index in [1.807, 2.05) is 0 Å². The zero-order valence-corrected chi connectivity index (χ0v) is 11.1. The Labute approximate surface area is 108 Å². The molecule has 1 rings (SSSR count). The average Bonchev–Trinajstić information content (AvgIpc) is 2.38. The van der Waals surface area contributed by atoms with Crippen LogP contribution in [0, 0.1) is 5.92 Å². The van der Waals surface area contributed by atoms with Crippen molar-refractivity contribution in [3.63, 3.8) is 0 Å². The number of carbonyl (C=O) groups excluding carboxylic acids is 1. The highest BCUT2D eigenvalue weighted by molar-refractivity contribution is 5.92. The van der Waals surface area contributed by atoms with Gasteiger partial charge in [0.25, 0.3) is 5.91 Å². The molecule has 5 nitrogen and oxygen atoms in total. The topological polar surface area (TPSA) is 80.0 Å². The first kappa shape index (κ1) is 14.4. The molecule has 0 radical (unpaired) electrons. The Balaban J connectivity index is 2.27. The van der Waals surface area contributed by atoms with E-state index in [1.54, 1.807) is 12.1 Å². The normalized spacial score (nSPS) is 10.4. The van der Waals surface area contributed by atoms with E-state index >= 15 is 0 Å². The van der Waals surface area contributed by atoms with Gasteiger partial charge in [0.2, 0.25) is 0 Å². The molecular weight excluding hydrogens is 228 g/mol. The number of hydrazine groups is 1. The molecular formula is C13H22N4O. The molecule has 0 aliphatic heterocycles. The highest BCUT2D eigenvalue weighted by Gasteiger charge is 2.05. The standard InChI is InChI=1S/C13H22N4O/c1-10(2)5-3-4-8-15-13(18)12-7-6-11(17-14)9-16-12/h6-7,9-10,17H,3-5,8,14H2,1-2H3,(H,15,18). The number of hydrogen-bond acceptors (Lipinski definition) is 4. The van der Waals surface area contributed by atoms with Crippen molar-refractivity contribution >= 4 is 11.6 Å². The Hall–Kier alpha value is -1.62. The number of nitrogens with zero attached hydrogens (tertiary/aromatic N) is 1. The predicted molar refractivity (Wildman–Crippen MR) is 73.1 cm³/mol. The van der Waals surface area contributed by atoms with Gasteiger partial charge in [0.1, 0.15) is 5.69 Å². The Morgan fingerprint density at radius 3 is 2.72 bits per heavy atom. The van der Waals surface area contributed by atoms with Gasteiger partial charge in [-0.1, -0.05) is 26.7 Å². The third kappa shape index (κ3) is 5.14. The Morgan fingerprint density at radius 2 is 2.17 bits per heavy atom. The van der Waals surface area contributed by atoms with Crippen LogP contribution in [-0.2, 0) is 0 Å². The van der Waals surface area contributed by atoms with Crippen LogP contribution in [0.3, 0.4) is 0 Å². The summed E-state index contributed by atoms with van der Waals surface area (Å²) in [7, 11) is 0. The van der Waals surface area contributed by atoms with Gasteiger partial charge in [-0.05, 0) is 24.5 Å². The Kier molecular flexibility index (Phi) is 6.14. The summed E-state index contributed by atoms with van der Waals surface area (Å²) in [6, 6.07) is 3.37. The predicted octanol–water partition coefficient (Wildman–Crippen LogP) is 1.92. The highest BCUT2D eigenvalue weighted by atomic mass is 16.1. The van der Waals surface area contributed by atoms with E-state index in [0.717, 1.165) is 18.8 Å². The van der Waals surface area contributed by atoms with Crippen molar-refractivity contribution in [3.8, 4) is 0 Å². The van der Waals surface area contributed by atoms with Crippen molar-refractivity contribution in [3.05, 3.63) is 24.0 Å². The van der Waals surface area contributed by atoms with Crippen LogP contribution in [0.15, 0.2) is 18.3 Å². The number of aromatic nitrogens is 1. The molecule has 0 aromatic carbocycles. The largest absolute Gasteiger partial charge is 0.351 e. The van der Waals surface area contributed by atoms with Gasteiger partial charge in [-0.25, -0.2) is 4.98 Å². The molecule has 1 aromatic rings. The lowest BCUT2D eigenvalue weighted by Gasteiger charge is -2.06. The minimum absolute atomic E-state index is 0.136. The molecule has 0 aliphatic rings. The number of pyridine rings is 1. The summed E-state index contributed by atoms with van der Waals surface area (Å²) in [5.41, 5.74) is 3.57. The molecule has 0 atom stereocenters. The summed E-state index contributed by atoms with van der Waals surface area (Å²) in [5.74, 6) is 5.81. The fourth-order valence-electron chi connectivity index (χ4n) is 1.58. The van der Waals surface area contributed by atoms with E-state index in [2.05, 4.69) is 29.6 Å². The fourth-order valence-corrected chi connectivity index (χ4v) is 1.58. The van der Waals surface area contributed by atoms with Crippen LogP contribution in [0.2, 0.25) is 0 Å². The second-order valence-electron chi connectivity index (χ2n) is 4.72. The van der Waals surface area contributed by atoms with Crippen LogP contribution in [0.1, 0.15) is 43.6 Å². The molecule has 1 heterocycles. The average molecular weight is 250 g/mol. The monoisotopic (exact) mass is 250 g/mol. The van der Waals surface area contributed by atoms with Crippen molar-refractivity contribution in [1.82, 2.24) is 10.3 Å². The van der Waals surface area contributed by atoms with Crippen molar-refractivity contribution in [2.75, 3.05) is 12.0 Å². The molecule has 1 amide bonds. The zero-order valence-electron chi connectivity index (χ0n) is 11.1. The number of unbranched alkanes of at least 4 members (excludes halogenated alkanes) is 1. The van der Waals surface area contributed by atoms with Crippen LogP contribution in [0.5, 0.6) is 0 Å². The van der Waals surface area contributed by atoms with Crippen molar-refractivity contribution in [1.29, 1.82) is 0 Å². The minimum Gasteiger partial charge on any atom is -0.351 e. The lowest BCUT2D eigenvalue weighted by atomic mass is 10.1. The number of nitrogens with one attached hydrogen (secondary N) is 2. The number of nitrogen functional groups attached to an aromatic ring is 1. The van der Waals surface area contributed by atoms with Crippen molar-refractivity contribution in [2.45, 2.75) is 33.1 Å². The summed E-state index contributed by atoms with van der Waals surface area (Å²) in [6.45, 7) is 5.11. The number of amides is 1. The maximum Gasteiger partial charge on any atom is 0.269 e. The molecule has 4 N–H and O–H groups in total. The first-order chi connectivity index (χ1) is 8.63. The van der Waals surface area contributed by atoms with E-state index < -0.39 is 0 Å². The maximum absolute atomic E-state index is 11.7. The molecule has 100 valence electrons. The van der Waals surface area contributed by atoms with Crippen LogP contribution in [-0.4, -0.2) is 17.4 Å². The molecule has 0 bridgehead atoms. The molecule has 18 heavy (non-hydrogen) atoms. The van der Waals surface area contributed by atoms with Gasteiger partial charge in [-0.3, -0.25) is 10.6 Å². The zero-order chi connectivity index (χ0) is 13.4. The molecule has 0 spiro atoms. The maximum atomic E-state index is 11.7. The second-order valence-corrected chi connectivity index (χ2v) is 4.72. The van der Waals surface area contributed by atoms with E-state index in [1.165, 1.54) is 12.6 Å². The Morgan fingerprint density at radius 1 is 1.39 bits per heavy atom. The van der Waals surface area contributed by atoms with Gasteiger partial charge >= 0.3 is 0 Å². The molecule has 5 heteroatoms. The summed E-state index contributed by atoms with van der Waals surface area (Å²) >= 11 is 0. The van der Waals surface area contributed by atoms with Crippen LogP contribution in [0.4, 0.5) is 5.69 Å². The molecule has 0 aliphatic carbocycles. The molecule has 0 fully saturated rings. The fraction of sp³-hybridized carbons (Fsp3) is 0.538. The molecule has 1 aromatic heterocycles. The van der Waals surface area contributed by atoms with Gasteiger partial charge in [0.05, 0.1) is 11.9 Å². The number of rotatable bonds is 7. The van der Waals surface area contributed by atoms with Crippen LogP contribution < -0.4 is 16.6 Å². The van der Waals surface area contributed by atoms with Gasteiger partial charge in [0.15, 0.2) is 0 Å². The first-order valence-electron chi connectivity index (χ1n) is 6.34. The summed E-state index contributed by atoms with van der Waals surface area (Å²) < 4.78 is 0. The number of nitrogens with two attached hydrogens (primary N) is 1. The third-order valence-electron chi connectivity index (χ3n) is 2.66. The smallest absolute Gasteiger partial charge is 0.269 e. The third-order valence-corrected chi connectivity index (χ3v) is 2.66. The molecule has 0 unspecified atom stereocenters. The Bertz CT molecular complexity index is 362. The van der Waals surface area contributed by atoms with Gasteiger partial charge < -0.3 is 10.7 Å². The SMILES string of the molecule is CC(C)CCCCNC(=O)c1ccc(NN)cn1. The lowest BCUT2D eigenvalue weighted by molar-refractivity contribution is 0.0948. The summed E-state index contributed by atoms with van der Waals surface area (Å²) in [6.07, 6.45) is 4.88. The van der Waals surface area contributed by atoms with Gasteiger partial charge in [-0.15, -0.1) is 0 Å². The second kappa shape index (κ2) is 7.66. The number of anilines is 1. The molecule has 0 saturated carbocycles. The summed E-state index contributed by atoms with van der Waals surface area (Å²) in [5, 5.41) is 2.86. The van der Waals surface area contributed by atoms with Crippen LogP contribution >= 0.6 is 0 Å². The first-order valence-corrected chi connectivity index (χ1v) is 6.34. The van der Waals surface area contributed by atoms with Gasteiger partial charge in [-0.2, -0.15) is 0 Å². The van der Waals surface area contributed by atoms with Crippen LogP contribution in [0.25, 0.3) is 0 Å².